The summed E-state index contributed by atoms with van der Waals surface area (Å²) in [5.74, 6) is 1.57. The van der Waals surface area contributed by atoms with Crippen molar-refractivity contribution in [3.63, 3.8) is 0 Å². The van der Waals surface area contributed by atoms with Gasteiger partial charge in [0.15, 0.2) is 11.5 Å². The van der Waals surface area contributed by atoms with E-state index >= 15 is 0 Å². The highest BCUT2D eigenvalue weighted by atomic mass is 16.5. The van der Waals surface area contributed by atoms with Crippen LogP contribution in [0.15, 0.2) is 54.6 Å². The molecule has 0 unspecified atom stereocenters. The maximum atomic E-state index is 6.04. The summed E-state index contributed by atoms with van der Waals surface area (Å²) in [7, 11) is 1.71. The highest BCUT2D eigenvalue weighted by Gasteiger charge is 2.21. The zero-order valence-electron chi connectivity index (χ0n) is 19.6. The SMILES string of the molecule is CCCCCCOc1ccc(-c2nc3ccc4ccccc4c3c3c2CNCC3)cc1OC. The van der Waals surface area contributed by atoms with Gasteiger partial charge >= 0.3 is 0 Å². The van der Waals surface area contributed by atoms with Crippen molar-refractivity contribution in [1.82, 2.24) is 10.3 Å². The molecule has 1 N–H and O–H groups in total. The number of pyridine rings is 1. The molecule has 0 fully saturated rings. The predicted octanol–water partition coefficient (Wildman–Crippen LogP) is 6.67. The summed E-state index contributed by atoms with van der Waals surface area (Å²) in [6.45, 7) is 4.76. The summed E-state index contributed by atoms with van der Waals surface area (Å²) >= 11 is 0. The molecule has 0 saturated carbocycles. The fourth-order valence-electron chi connectivity index (χ4n) is 4.93. The average molecular weight is 441 g/mol. The van der Waals surface area contributed by atoms with Gasteiger partial charge in [-0.05, 0) is 65.6 Å². The number of hydrogen-bond acceptors (Lipinski definition) is 4. The van der Waals surface area contributed by atoms with Crippen molar-refractivity contribution in [2.45, 2.75) is 45.6 Å². The number of rotatable bonds is 8. The lowest BCUT2D eigenvalue weighted by atomic mass is 9.90. The molecule has 0 atom stereocenters. The number of nitrogens with one attached hydrogen (secondary N) is 1. The molecule has 0 radical (unpaired) electrons. The third-order valence-corrected chi connectivity index (χ3v) is 6.64. The van der Waals surface area contributed by atoms with Crippen LogP contribution in [-0.4, -0.2) is 25.2 Å². The lowest BCUT2D eigenvalue weighted by molar-refractivity contribution is 0.285. The van der Waals surface area contributed by atoms with Gasteiger partial charge in [0.05, 0.1) is 24.9 Å². The largest absolute Gasteiger partial charge is 0.493 e. The van der Waals surface area contributed by atoms with Crippen molar-refractivity contribution < 1.29 is 9.47 Å². The van der Waals surface area contributed by atoms with Gasteiger partial charge in [-0.25, -0.2) is 4.98 Å². The maximum Gasteiger partial charge on any atom is 0.161 e. The summed E-state index contributed by atoms with van der Waals surface area (Å²) in [6.07, 6.45) is 5.75. The molecule has 1 aromatic heterocycles. The van der Waals surface area contributed by atoms with Gasteiger partial charge in [-0.3, -0.25) is 0 Å². The van der Waals surface area contributed by atoms with Crippen LogP contribution >= 0.6 is 0 Å². The second kappa shape index (κ2) is 9.80. The monoisotopic (exact) mass is 440 g/mol. The smallest absolute Gasteiger partial charge is 0.161 e. The molecule has 4 aromatic rings. The van der Waals surface area contributed by atoms with Gasteiger partial charge in [0, 0.05) is 17.5 Å². The number of unbranched alkanes of at least 4 members (excludes halogenated alkanes) is 3. The normalized spacial score (nSPS) is 13.3. The summed E-state index contributed by atoms with van der Waals surface area (Å²) in [5.41, 5.74) is 5.87. The third kappa shape index (κ3) is 4.28. The van der Waals surface area contributed by atoms with Gasteiger partial charge in [0.1, 0.15) is 0 Å². The van der Waals surface area contributed by atoms with Crippen molar-refractivity contribution in [2.24, 2.45) is 0 Å². The molecule has 0 aliphatic carbocycles. The molecule has 0 saturated heterocycles. The quantitative estimate of drug-likeness (QED) is 0.245. The molecule has 0 bridgehead atoms. The van der Waals surface area contributed by atoms with E-state index in [1.807, 2.05) is 6.07 Å². The number of hydrogen-bond donors (Lipinski definition) is 1. The van der Waals surface area contributed by atoms with E-state index in [2.05, 4.69) is 60.8 Å². The first-order valence-electron chi connectivity index (χ1n) is 12.1. The van der Waals surface area contributed by atoms with Gasteiger partial charge in [0.25, 0.3) is 0 Å². The topological polar surface area (TPSA) is 43.4 Å². The highest BCUT2D eigenvalue weighted by Crippen LogP contribution is 2.38. The molecule has 4 heteroatoms. The van der Waals surface area contributed by atoms with Crippen LogP contribution in [0.5, 0.6) is 11.5 Å². The summed E-state index contributed by atoms with van der Waals surface area (Å²) in [6, 6.07) is 19.2. The zero-order valence-corrected chi connectivity index (χ0v) is 19.6. The van der Waals surface area contributed by atoms with Gasteiger partial charge in [-0.15, -0.1) is 0 Å². The van der Waals surface area contributed by atoms with E-state index in [-0.39, 0.29) is 0 Å². The fourth-order valence-corrected chi connectivity index (χ4v) is 4.93. The van der Waals surface area contributed by atoms with Crippen molar-refractivity contribution in [3.05, 3.63) is 65.7 Å². The van der Waals surface area contributed by atoms with Crippen LogP contribution in [0.2, 0.25) is 0 Å². The Hall–Kier alpha value is -3.11. The van der Waals surface area contributed by atoms with E-state index in [1.165, 1.54) is 46.5 Å². The Kier molecular flexibility index (Phi) is 6.45. The number of aromatic nitrogens is 1. The Morgan fingerprint density at radius 2 is 1.85 bits per heavy atom. The average Bonchev–Trinajstić information content (AvgIpc) is 2.87. The van der Waals surface area contributed by atoms with Crippen LogP contribution in [-0.2, 0) is 13.0 Å². The van der Waals surface area contributed by atoms with Crippen LogP contribution in [0.4, 0.5) is 0 Å². The van der Waals surface area contributed by atoms with Crippen LogP contribution < -0.4 is 14.8 Å². The first-order valence-corrected chi connectivity index (χ1v) is 12.1. The van der Waals surface area contributed by atoms with Crippen molar-refractivity contribution in [3.8, 4) is 22.8 Å². The molecule has 170 valence electrons. The number of methoxy groups -OCH3 is 1. The Labute approximate surface area is 195 Å². The Bertz CT molecular complexity index is 1280. The predicted molar refractivity (Wildman–Crippen MR) is 136 cm³/mol. The van der Waals surface area contributed by atoms with Crippen LogP contribution in [0.3, 0.4) is 0 Å². The second-order valence-electron chi connectivity index (χ2n) is 8.80. The van der Waals surface area contributed by atoms with E-state index in [0.717, 1.165) is 60.8 Å². The minimum atomic E-state index is 0.719. The fraction of sp³-hybridized carbons (Fsp3) is 0.345. The standard InChI is InChI=1S/C29H32N2O2/c1-3-4-5-8-17-33-26-14-12-21(18-27(26)32-2)29-24-19-30-16-15-23(24)28-22-10-7-6-9-20(22)11-13-25(28)31-29/h6-7,9-14,18,30H,3-5,8,15-17,19H2,1-2H3. The van der Waals surface area contributed by atoms with Crippen molar-refractivity contribution >= 4 is 21.7 Å². The van der Waals surface area contributed by atoms with E-state index in [9.17, 15) is 0 Å². The third-order valence-electron chi connectivity index (χ3n) is 6.64. The molecule has 2 heterocycles. The van der Waals surface area contributed by atoms with Crippen LogP contribution in [0.1, 0.15) is 43.7 Å². The van der Waals surface area contributed by atoms with Gasteiger partial charge < -0.3 is 14.8 Å². The molecule has 5 rings (SSSR count). The van der Waals surface area contributed by atoms with E-state index in [4.69, 9.17) is 14.5 Å². The summed E-state index contributed by atoms with van der Waals surface area (Å²) in [5, 5.41) is 7.41. The number of benzene rings is 3. The van der Waals surface area contributed by atoms with Crippen molar-refractivity contribution in [2.75, 3.05) is 20.3 Å². The zero-order chi connectivity index (χ0) is 22.6. The molecular weight excluding hydrogens is 408 g/mol. The van der Waals surface area contributed by atoms with Gasteiger partial charge in [-0.1, -0.05) is 56.5 Å². The van der Waals surface area contributed by atoms with Crippen molar-refractivity contribution in [1.29, 1.82) is 0 Å². The molecule has 1 aliphatic rings. The van der Waals surface area contributed by atoms with E-state index in [1.54, 1.807) is 7.11 Å². The van der Waals surface area contributed by atoms with Crippen LogP contribution in [0, 0.1) is 0 Å². The van der Waals surface area contributed by atoms with E-state index < -0.39 is 0 Å². The Morgan fingerprint density at radius 1 is 0.939 bits per heavy atom. The molecule has 33 heavy (non-hydrogen) atoms. The van der Waals surface area contributed by atoms with Crippen LogP contribution in [0.25, 0.3) is 32.9 Å². The minimum Gasteiger partial charge on any atom is -0.493 e. The number of nitrogens with zero attached hydrogens (tertiary/aromatic N) is 1. The first-order chi connectivity index (χ1) is 16.3. The lowest BCUT2D eigenvalue weighted by Gasteiger charge is -2.23. The molecule has 1 aliphatic heterocycles. The maximum absolute atomic E-state index is 6.04. The highest BCUT2D eigenvalue weighted by molar-refractivity contribution is 6.09. The molecule has 0 spiro atoms. The second-order valence-corrected chi connectivity index (χ2v) is 8.80. The van der Waals surface area contributed by atoms with E-state index in [0.29, 0.717) is 0 Å². The summed E-state index contributed by atoms with van der Waals surface area (Å²) in [4.78, 5) is 5.17. The molecule has 0 amide bonds. The summed E-state index contributed by atoms with van der Waals surface area (Å²) < 4.78 is 11.7. The lowest BCUT2D eigenvalue weighted by Crippen LogP contribution is -2.25. The first kappa shape index (κ1) is 21.7. The number of ether oxygens (including phenoxy) is 2. The number of fused-ring (bicyclic) bond motifs is 5. The Balaban J connectivity index is 1.56. The molecular formula is C29H32N2O2. The molecule has 4 nitrogen and oxygen atoms in total. The molecule has 3 aromatic carbocycles. The van der Waals surface area contributed by atoms with Gasteiger partial charge in [0.2, 0.25) is 0 Å². The Morgan fingerprint density at radius 3 is 2.73 bits per heavy atom. The minimum absolute atomic E-state index is 0.719. The van der Waals surface area contributed by atoms with Gasteiger partial charge in [-0.2, -0.15) is 0 Å².